The zero-order chi connectivity index (χ0) is 22.9. The van der Waals surface area contributed by atoms with Crippen molar-refractivity contribution in [3.05, 3.63) is 83.4 Å². The molecular formula is C23H22F4N4O. The lowest BCUT2D eigenvalue weighted by molar-refractivity contribution is -0.137. The van der Waals surface area contributed by atoms with E-state index in [-0.39, 0.29) is 11.9 Å². The average molecular weight is 446 g/mol. The zero-order valence-corrected chi connectivity index (χ0v) is 17.3. The maximum absolute atomic E-state index is 13.5. The van der Waals surface area contributed by atoms with Gasteiger partial charge >= 0.3 is 6.18 Å². The number of aromatic nitrogens is 2. The van der Waals surface area contributed by atoms with Gasteiger partial charge in [-0.1, -0.05) is 18.2 Å². The topological polar surface area (TPSA) is 50.2 Å². The lowest BCUT2D eigenvalue weighted by atomic mass is 9.97. The second-order valence-electron chi connectivity index (χ2n) is 8.02. The highest BCUT2D eigenvalue weighted by molar-refractivity contribution is 5.93. The first-order valence-electron chi connectivity index (χ1n) is 10.1. The number of halogens is 4. The summed E-state index contributed by atoms with van der Waals surface area (Å²) in [5.41, 5.74) is 1.03. The van der Waals surface area contributed by atoms with E-state index in [4.69, 9.17) is 0 Å². The molecule has 0 bridgehead atoms. The van der Waals surface area contributed by atoms with Gasteiger partial charge in [0.25, 0.3) is 0 Å². The number of hydrogen-bond acceptors (Lipinski definition) is 3. The summed E-state index contributed by atoms with van der Waals surface area (Å²) in [6.45, 7) is 0.801. The molecule has 1 amide bonds. The highest BCUT2D eigenvalue weighted by Gasteiger charge is 2.38. The van der Waals surface area contributed by atoms with Crippen molar-refractivity contribution in [3.63, 3.8) is 0 Å². The number of carbonyl (C=O) groups excluding carboxylic acids is 1. The first kappa shape index (κ1) is 22.0. The normalized spacial score (nSPS) is 19.3. The van der Waals surface area contributed by atoms with Crippen LogP contribution in [0.4, 0.5) is 23.2 Å². The van der Waals surface area contributed by atoms with E-state index in [1.165, 1.54) is 24.3 Å². The van der Waals surface area contributed by atoms with Crippen molar-refractivity contribution in [3.8, 4) is 0 Å². The number of hydrogen-bond donors (Lipinski definition) is 1. The second kappa shape index (κ2) is 8.74. The Kier molecular flexibility index (Phi) is 6.01. The van der Waals surface area contributed by atoms with Crippen molar-refractivity contribution in [1.82, 2.24) is 14.7 Å². The molecule has 4 rings (SSSR count). The molecular weight excluding hydrogens is 424 g/mol. The fourth-order valence-corrected chi connectivity index (χ4v) is 4.14. The molecule has 168 valence electrons. The molecule has 2 heterocycles. The third-order valence-electron chi connectivity index (χ3n) is 5.61. The molecule has 1 aliphatic heterocycles. The van der Waals surface area contributed by atoms with Crippen LogP contribution in [0, 0.1) is 11.7 Å². The van der Waals surface area contributed by atoms with Gasteiger partial charge in [-0.05, 0) is 42.3 Å². The Bertz CT molecular complexity index is 1110. The van der Waals surface area contributed by atoms with Crippen molar-refractivity contribution in [2.45, 2.75) is 25.2 Å². The number of rotatable bonds is 5. The molecule has 0 unspecified atom stereocenters. The van der Waals surface area contributed by atoms with Crippen LogP contribution < -0.4 is 5.32 Å². The molecule has 1 aliphatic rings. The van der Waals surface area contributed by atoms with Gasteiger partial charge in [-0.25, -0.2) is 4.39 Å². The van der Waals surface area contributed by atoms with Gasteiger partial charge in [-0.2, -0.15) is 18.3 Å². The van der Waals surface area contributed by atoms with Gasteiger partial charge in [-0.3, -0.25) is 14.4 Å². The number of amides is 1. The Labute approximate surface area is 182 Å². The van der Waals surface area contributed by atoms with Gasteiger partial charge in [0.1, 0.15) is 5.82 Å². The molecule has 9 heteroatoms. The maximum Gasteiger partial charge on any atom is 0.416 e. The van der Waals surface area contributed by atoms with Crippen molar-refractivity contribution >= 4 is 11.6 Å². The summed E-state index contributed by atoms with van der Waals surface area (Å²) in [6.07, 6.45) is -0.563. The summed E-state index contributed by atoms with van der Waals surface area (Å²) in [6, 6.07) is 10.5. The number of carbonyl (C=O) groups is 1. The molecule has 1 N–H and O–H groups in total. The predicted molar refractivity (Wildman–Crippen MR) is 111 cm³/mol. The summed E-state index contributed by atoms with van der Waals surface area (Å²) in [7, 11) is 1.78. The molecule has 5 nitrogen and oxygen atoms in total. The minimum atomic E-state index is -4.45. The lowest BCUT2D eigenvalue weighted by Gasteiger charge is -2.24. The van der Waals surface area contributed by atoms with E-state index in [1.54, 1.807) is 30.1 Å². The summed E-state index contributed by atoms with van der Waals surface area (Å²) in [5.74, 6) is -1.22. The van der Waals surface area contributed by atoms with Gasteiger partial charge in [-0.15, -0.1) is 0 Å². The van der Waals surface area contributed by atoms with E-state index in [2.05, 4.69) is 10.4 Å². The first-order chi connectivity index (χ1) is 15.2. The smallest absolute Gasteiger partial charge is 0.326 e. The number of alkyl halides is 3. The molecule has 0 spiro atoms. The van der Waals surface area contributed by atoms with E-state index < -0.39 is 23.5 Å². The molecule has 0 radical (unpaired) electrons. The van der Waals surface area contributed by atoms with Gasteiger partial charge in [0.15, 0.2) is 0 Å². The van der Waals surface area contributed by atoms with Crippen LogP contribution in [-0.2, 0) is 24.6 Å². The molecule has 2 atom stereocenters. The largest absolute Gasteiger partial charge is 0.416 e. The third-order valence-corrected chi connectivity index (χ3v) is 5.61. The van der Waals surface area contributed by atoms with E-state index in [0.29, 0.717) is 30.8 Å². The molecule has 3 aromatic rings. The van der Waals surface area contributed by atoms with Crippen LogP contribution in [0.2, 0.25) is 0 Å². The van der Waals surface area contributed by atoms with Crippen LogP contribution >= 0.6 is 0 Å². The van der Waals surface area contributed by atoms with Gasteiger partial charge in [0, 0.05) is 43.6 Å². The monoisotopic (exact) mass is 446 g/mol. The van der Waals surface area contributed by atoms with Crippen LogP contribution in [0.25, 0.3) is 0 Å². The highest BCUT2D eigenvalue weighted by atomic mass is 19.4. The highest BCUT2D eigenvalue weighted by Crippen LogP contribution is 2.39. The van der Waals surface area contributed by atoms with Crippen LogP contribution in [0.3, 0.4) is 0 Å². The quantitative estimate of drug-likeness (QED) is 0.574. The Hall–Kier alpha value is -3.20. The Morgan fingerprint density at radius 2 is 1.97 bits per heavy atom. The Balaban J connectivity index is 1.58. The number of likely N-dealkylation sites (tertiary alicyclic amines) is 1. The number of aryl methyl sites for hydroxylation is 1. The molecule has 1 aromatic heterocycles. The zero-order valence-electron chi connectivity index (χ0n) is 17.3. The predicted octanol–water partition coefficient (Wildman–Crippen LogP) is 4.78. The molecule has 32 heavy (non-hydrogen) atoms. The van der Waals surface area contributed by atoms with Gasteiger partial charge in [0.05, 0.1) is 17.7 Å². The summed E-state index contributed by atoms with van der Waals surface area (Å²) >= 11 is 0. The molecule has 1 saturated heterocycles. The van der Waals surface area contributed by atoms with E-state index >= 15 is 0 Å². The van der Waals surface area contributed by atoms with Crippen molar-refractivity contribution in [2.75, 3.05) is 11.9 Å². The maximum atomic E-state index is 13.5. The second-order valence-corrected chi connectivity index (χ2v) is 8.02. The third kappa shape index (κ3) is 4.99. The summed E-state index contributed by atoms with van der Waals surface area (Å²) in [4.78, 5) is 14.9. The molecule has 2 aromatic carbocycles. The van der Waals surface area contributed by atoms with Crippen molar-refractivity contribution in [2.24, 2.45) is 13.0 Å². The average Bonchev–Trinajstić information content (AvgIpc) is 3.34. The fourth-order valence-electron chi connectivity index (χ4n) is 4.14. The van der Waals surface area contributed by atoms with Crippen molar-refractivity contribution < 1.29 is 22.4 Å². The van der Waals surface area contributed by atoms with Crippen LogP contribution in [0.15, 0.2) is 60.9 Å². The number of nitrogens with zero attached hydrogens (tertiary/aromatic N) is 3. The summed E-state index contributed by atoms with van der Waals surface area (Å²) in [5, 5.41) is 6.87. The first-order valence-corrected chi connectivity index (χ1v) is 10.1. The number of anilines is 1. The minimum absolute atomic E-state index is 0.290. The molecule has 1 fully saturated rings. The molecule has 0 aliphatic carbocycles. The Morgan fingerprint density at radius 3 is 2.66 bits per heavy atom. The van der Waals surface area contributed by atoms with Crippen LogP contribution in [0.5, 0.6) is 0 Å². The molecule has 0 saturated carbocycles. The number of nitrogens with one attached hydrogen (secondary N) is 1. The van der Waals surface area contributed by atoms with Gasteiger partial charge < -0.3 is 5.32 Å². The van der Waals surface area contributed by atoms with Crippen LogP contribution in [-0.4, -0.2) is 27.1 Å². The summed E-state index contributed by atoms with van der Waals surface area (Å²) < 4.78 is 54.9. The SMILES string of the molecule is Cn1cc(CN2C[C@H](C(=O)Nc3cccc(F)c3)C[C@@H]2c2cccc(C(F)(F)F)c2)cn1. The standard InChI is InChI=1S/C23H22F4N4O/c1-30-12-15(11-28-30)13-31-14-17(22(32)29-20-7-3-6-19(24)10-20)9-21(31)16-4-2-5-18(8-16)23(25,26)27/h2-8,10-12,17,21H,9,13-14H2,1H3,(H,29,32)/t17-,21-/m1/s1. The van der Waals surface area contributed by atoms with E-state index in [0.717, 1.165) is 17.7 Å². The fraction of sp³-hybridized carbons (Fsp3) is 0.304. The lowest BCUT2D eigenvalue weighted by Crippen LogP contribution is -2.27. The van der Waals surface area contributed by atoms with Crippen molar-refractivity contribution in [1.29, 1.82) is 0 Å². The number of benzene rings is 2. The van der Waals surface area contributed by atoms with E-state index in [1.807, 2.05) is 11.1 Å². The van der Waals surface area contributed by atoms with Gasteiger partial charge in [0.2, 0.25) is 5.91 Å². The minimum Gasteiger partial charge on any atom is -0.326 e. The van der Waals surface area contributed by atoms with Crippen LogP contribution in [0.1, 0.15) is 29.2 Å². The Morgan fingerprint density at radius 1 is 1.19 bits per heavy atom. The van der Waals surface area contributed by atoms with E-state index in [9.17, 15) is 22.4 Å².